The molecule has 5 nitrogen and oxygen atoms in total. The fourth-order valence-corrected chi connectivity index (χ4v) is 3.08. The average Bonchev–Trinajstić information content (AvgIpc) is 2.98. The number of aromatic nitrogens is 1. The number of anilines is 1. The smallest absolute Gasteiger partial charge is 0.248 e. The summed E-state index contributed by atoms with van der Waals surface area (Å²) in [7, 11) is 1.61. The lowest BCUT2D eigenvalue weighted by Crippen LogP contribution is -2.09. The van der Waals surface area contributed by atoms with Crippen LogP contribution in [-0.4, -0.2) is 18.0 Å². The summed E-state index contributed by atoms with van der Waals surface area (Å²) >= 11 is 5.98. The van der Waals surface area contributed by atoms with Crippen molar-refractivity contribution < 1.29 is 13.9 Å². The number of pyridine rings is 1. The molecule has 2 heterocycles. The first-order chi connectivity index (χ1) is 12.4. The topological polar surface area (TPSA) is 64.4 Å². The number of carbonyl (C=O) groups excluding carboxylic acids is 1. The van der Waals surface area contributed by atoms with Gasteiger partial charge in [-0.05, 0) is 50.1 Å². The molecule has 0 radical (unpaired) electrons. The van der Waals surface area contributed by atoms with E-state index in [1.54, 1.807) is 31.7 Å². The van der Waals surface area contributed by atoms with Crippen molar-refractivity contribution in [1.29, 1.82) is 0 Å². The summed E-state index contributed by atoms with van der Waals surface area (Å²) in [5, 5.41) is 3.99. The Bertz CT molecular complexity index is 1020. The Morgan fingerprint density at radius 1 is 1.38 bits per heavy atom. The van der Waals surface area contributed by atoms with Crippen LogP contribution in [0.2, 0.25) is 5.15 Å². The van der Waals surface area contributed by atoms with Gasteiger partial charge < -0.3 is 14.5 Å². The van der Waals surface area contributed by atoms with Gasteiger partial charge in [-0.1, -0.05) is 11.6 Å². The highest BCUT2D eigenvalue weighted by Crippen LogP contribution is 2.37. The van der Waals surface area contributed by atoms with Gasteiger partial charge in [-0.25, -0.2) is 4.98 Å². The van der Waals surface area contributed by atoms with Crippen LogP contribution in [-0.2, 0) is 4.79 Å². The predicted octanol–water partition coefficient (Wildman–Crippen LogP) is 5.15. The van der Waals surface area contributed by atoms with E-state index in [2.05, 4.69) is 10.3 Å². The molecule has 0 aliphatic rings. The van der Waals surface area contributed by atoms with E-state index in [1.165, 1.54) is 6.08 Å². The van der Waals surface area contributed by atoms with E-state index < -0.39 is 0 Å². The maximum absolute atomic E-state index is 12.4. The summed E-state index contributed by atoms with van der Waals surface area (Å²) in [6.45, 7) is 5.79. The van der Waals surface area contributed by atoms with Crippen molar-refractivity contribution in [3.05, 3.63) is 58.6 Å². The summed E-state index contributed by atoms with van der Waals surface area (Å²) < 4.78 is 11.2. The molecule has 1 N–H and O–H groups in total. The van der Waals surface area contributed by atoms with Gasteiger partial charge in [-0.3, -0.25) is 4.79 Å². The van der Waals surface area contributed by atoms with Gasteiger partial charge in [0.25, 0.3) is 0 Å². The van der Waals surface area contributed by atoms with Gasteiger partial charge in [0, 0.05) is 28.8 Å². The van der Waals surface area contributed by atoms with E-state index >= 15 is 0 Å². The number of allylic oxidation sites excluding steroid dienone is 1. The molecule has 0 unspecified atom stereocenters. The first kappa shape index (κ1) is 18.0. The number of benzene rings is 1. The lowest BCUT2D eigenvalue weighted by molar-refractivity contribution is -0.111. The minimum Gasteiger partial charge on any atom is -0.496 e. The van der Waals surface area contributed by atoms with Gasteiger partial charge in [0.2, 0.25) is 5.91 Å². The van der Waals surface area contributed by atoms with Crippen LogP contribution in [0.4, 0.5) is 5.69 Å². The maximum Gasteiger partial charge on any atom is 0.248 e. The molecule has 0 aliphatic carbocycles. The van der Waals surface area contributed by atoms with Gasteiger partial charge in [-0.2, -0.15) is 0 Å². The zero-order valence-electron chi connectivity index (χ0n) is 15.0. The Morgan fingerprint density at radius 2 is 2.15 bits per heavy atom. The number of methoxy groups -OCH3 is 1. The Kier molecular flexibility index (Phi) is 5.00. The second-order valence-corrected chi connectivity index (χ2v) is 6.39. The Hall–Kier alpha value is -2.79. The van der Waals surface area contributed by atoms with E-state index in [0.717, 1.165) is 33.2 Å². The predicted molar refractivity (Wildman–Crippen MR) is 104 cm³/mol. The molecule has 0 spiro atoms. The summed E-state index contributed by atoms with van der Waals surface area (Å²) in [4.78, 5) is 16.3. The molecule has 3 rings (SSSR count). The Morgan fingerprint density at radius 3 is 2.85 bits per heavy atom. The van der Waals surface area contributed by atoms with Crippen molar-refractivity contribution in [2.24, 2.45) is 0 Å². The van der Waals surface area contributed by atoms with Crippen LogP contribution in [0, 0.1) is 13.8 Å². The highest BCUT2D eigenvalue weighted by molar-refractivity contribution is 6.32. The number of halogens is 1. The quantitative estimate of drug-likeness (QED) is 0.509. The standard InChI is InChI=1S/C20H19ClN2O3/c1-11(8-17(24)23-16-6-5-7-22-20(16)21)14-9-15-12(2)10-26-19(15)13(3)18(14)25-4/h5-10H,1-4H3,(H,23,24)/b11-8+. The van der Waals surface area contributed by atoms with E-state index in [-0.39, 0.29) is 11.1 Å². The third-order valence-electron chi connectivity index (χ3n) is 4.23. The van der Waals surface area contributed by atoms with Gasteiger partial charge >= 0.3 is 0 Å². The fourth-order valence-electron chi connectivity index (χ4n) is 2.92. The number of carbonyl (C=O) groups is 1. The number of hydrogen-bond donors (Lipinski definition) is 1. The van der Waals surface area contributed by atoms with Gasteiger partial charge in [-0.15, -0.1) is 0 Å². The first-order valence-electron chi connectivity index (χ1n) is 8.08. The van der Waals surface area contributed by atoms with Gasteiger partial charge in [0.05, 0.1) is 19.1 Å². The van der Waals surface area contributed by atoms with Crippen molar-refractivity contribution in [3.8, 4) is 5.75 Å². The number of furan rings is 1. The molecule has 0 fully saturated rings. The van der Waals surface area contributed by atoms with E-state index in [0.29, 0.717) is 11.4 Å². The summed E-state index contributed by atoms with van der Waals surface area (Å²) in [5.41, 5.74) is 4.80. The number of amides is 1. The highest BCUT2D eigenvalue weighted by atomic mass is 35.5. The summed E-state index contributed by atoms with van der Waals surface area (Å²) in [6.07, 6.45) is 4.80. The number of nitrogens with one attached hydrogen (secondary N) is 1. The van der Waals surface area contributed by atoms with Crippen LogP contribution >= 0.6 is 11.6 Å². The second kappa shape index (κ2) is 7.22. The van der Waals surface area contributed by atoms with Crippen molar-refractivity contribution in [2.45, 2.75) is 20.8 Å². The molecular weight excluding hydrogens is 352 g/mol. The Labute approximate surface area is 156 Å². The minimum atomic E-state index is -0.291. The monoisotopic (exact) mass is 370 g/mol. The van der Waals surface area contributed by atoms with E-state index in [4.69, 9.17) is 20.8 Å². The molecule has 2 aromatic heterocycles. The molecule has 0 atom stereocenters. The maximum atomic E-state index is 12.4. The van der Waals surface area contributed by atoms with Crippen LogP contribution in [0.25, 0.3) is 16.5 Å². The van der Waals surface area contributed by atoms with Crippen molar-refractivity contribution in [3.63, 3.8) is 0 Å². The molecule has 0 bridgehead atoms. The van der Waals surface area contributed by atoms with Crippen LogP contribution < -0.4 is 10.1 Å². The average molecular weight is 371 g/mol. The van der Waals surface area contributed by atoms with Crippen LogP contribution in [0.15, 0.2) is 41.2 Å². The number of aryl methyl sites for hydroxylation is 2. The molecule has 26 heavy (non-hydrogen) atoms. The second-order valence-electron chi connectivity index (χ2n) is 6.04. The van der Waals surface area contributed by atoms with Gasteiger partial charge in [0.1, 0.15) is 11.3 Å². The van der Waals surface area contributed by atoms with Crippen LogP contribution in [0.1, 0.15) is 23.6 Å². The highest BCUT2D eigenvalue weighted by Gasteiger charge is 2.17. The van der Waals surface area contributed by atoms with Crippen LogP contribution in [0.5, 0.6) is 5.75 Å². The molecule has 6 heteroatoms. The SMILES string of the molecule is COc1c(/C(C)=C/C(=O)Nc2cccnc2Cl)cc2c(C)coc2c1C. The molecule has 3 aromatic rings. The third kappa shape index (κ3) is 3.30. The number of hydrogen-bond acceptors (Lipinski definition) is 4. The zero-order valence-corrected chi connectivity index (χ0v) is 15.8. The van der Waals surface area contributed by atoms with E-state index in [1.807, 2.05) is 26.8 Å². The number of rotatable bonds is 4. The fraction of sp³-hybridized carbons (Fsp3) is 0.200. The van der Waals surface area contributed by atoms with Crippen molar-refractivity contribution in [2.75, 3.05) is 12.4 Å². The van der Waals surface area contributed by atoms with E-state index in [9.17, 15) is 4.79 Å². The van der Waals surface area contributed by atoms with Crippen molar-refractivity contribution in [1.82, 2.24) is 4.98 Å². The molecule has 0 saturated carbocycles. The number of nitrogens with zero attached hydrogens (tertiary/aromatic N) is 1. The Balaban J connectivity index is 1.99. The van der Waals surface area contributed by atoms with Crippen molar-refractivity contribution >= 4 is 39.7 Å². The number of ether oxygens (including phenoxy) is 1. The van der Waals surface area contributed by atoms with Crippen LogP contribution in [0.3, 0.4) is 0 Å². The van der Waals surface area contributed by atoms with Gasteiger partial charge in [0.15, 0.2) is 5.15 Å². The lowest BCUT2D eigenvalue weighted by Gasteiger charge is -2.13. The lowest BCUT2D eigenvalue weighted by atomic mass is 9.98. The molecular formula is C20H19ClN2O3. The molecule has 1 aromatic carbocycles. The third-order valence-corrected chi connectivity index (χ3v) is 4.53. The molecule has 134 valence electrons. The minimum absolute atomic E-state index is 0.246. The molecule has 0 saturated heterocycles. The summed E-state index contributed by atoms with van der Waals surface area (Å²) in [6, 6.07) is 5.39. The summed E-state index contributed by atoms with van der Waals surface area (Å²) in [5.74, 6) is 0.397. The first-order valence-corrected chi connectivity index (χ1v) is 8.45. The normalized spacial score (nSPS) is 11.7. The molecule has 0 aliphatic heterocycles. The number of fused-ring (bicyclic) bond motifs is 1. The largest absolute Gasteiger partial charge is 0.496 e. The molecule has 1 amide bonds. The zero-order chi connectivity index (χ0) is 18.8.